The van der Waals surface area contributed by atoms with E-state index in [0.717, 1.165) is 10.4 Å². The molecule has 0 fully saturated rings. The summed E-state index contributed by atoms with van der Waals surface area (Å²) in [7, 11) is 0. The zero-order chi connectivity index (χ0) is 11.5. The summed E-state index contributed by atoms with van der Waals surface area (Å²) in [6.07, 6.45) is 0. The van der Waals surface area contributed by atoms with Crippen LogP contribution < -0.4 is 0 Å². The van der Waals surface area contributed by atoms with Gasteiger partial charge in [0.25, 0.3) is 0 Å². The zero-order valence-electron chi connectivity index (χ0n) is 8.64. The Bertz CT molecular complexity index is 534. The molecule has 2 aromatic rings. The molecule has 0 aliphatic rings. The lowest BCUT2D eigenvalue weighted by atomic mass is 9.97. The third kappa shape index (κ3) is 1.92. The van der Waals surface area contributed by atoms with Crippen LogP contribution in [0.15, 0.2) is 28.3 Å². The Labute approximate surface area is 102 Å². The molecule has 0 aliphatic heterocycles. The van der Waals surface area contributed by atoms with Crippen molar-refractivity contribution in [2.75, 3.05) is 0 Å². The molecule has 80 valence electrons. The molecule has 2 aromatic heterocycles. The number of rotatable bonds is 3. The average molecular weight is 247 g/mol. The number of carbonyl (C=O) groups excluding carboxylic acids is 1. The van der Waals surface area contributed by atoms with Gasteiger partial charge in [0.1, 0.15) is 5.92 Å². The van der Waals surface area contributed by atoms with Crippen LogP contribution in [0.2, 0.25) is 0 Å². The Kier molecular flexibility index (Phi) is 3.18. The third-order valence-corrected chi connectivity index (χ3v) is 4.14. The molecule has 0 aliphatic carbocycles. The van der Waals surface area contributed by atoms with Crippen molar-refractivity contribution in [3.8, 4) is 6.07 Å². The van der Waals surface area contributed by atoms with Gasteiger partial charge in [-0.15, -0.1) is 11.3 Å². The number of hydrogen-bond donors (Lipinski definition) is 0. The lowest BCUT2D eigenvalue weighted by molar-refractivity contribution is 0.0980. The molecule has 1 unspecified atom stereocenters. The molecule has 2 heterocycles. The topological polar surface area (TPSA) is 40.9 Å². The zero-order valence-corrected chi connectivity index (χ0v) is 10.3. The van der Waals surface area contributed by atoms with Gasteiger partial charge in [0, 0.05) is 15.8 Å². The van der Waals surface area contributed by atoms with Gasteiger partial charge in [0.05, 0.1) is 6.07 Å². The summed E-state index contributed by atoms with van der Waals surface area (Å²) in [6.45, 7) is 1.90. The van der Waals surface area contributed by atoms with Gasteiger partial charge in [-0.05, 0) is 29.3 Å². The van der Waals surface area contributed by atoms with Gasteiger partial charge in [-0.1, -0.05) is 6.07 Å². The molecule has 0 amide bonds. The van der Waals surface area contributed by atoms with E-state index < -0.39 is 5.92 Å². The first-order valence-corrected chi connectivity index (χ1v) is 6.56. The predicted molar refractivity (Wildman–Crippen MR) is 66.1 cm³/mol. The van der Waals surface area contributed by atoms with Gasteiger partial charge < -0.3 is 0 Å². The highest BCUT2D eigenvalue weighted by atomic mass is 32.1. The van der Waals surface area contributed by atoms with Crippen LogP contribution in [0.4, 0.5) is 0 Å². The first-order chi connectivity index (χ1) is 7.74. The molecule has 0 aromatic carbocycles. The second-order valence-electron chi connectivity index (χ2n) is 3.41. The number of aryl methyl sites for hydroxylation is 1. The predicted octanol–water partition coefficient (Wildman–Crippen LogP) is 3.61. The molecule has 4 heteroatoms. The normalized spacial score (nSPS) is 12.0. The third-order valence-electron chi connectivity index (χ3n) is 2.34. The van der Waals surface area contributed by atoms with Gasteiger partial charge >= 0.3 is 0 Å². The SMILES string of the molecule is Cc1cscc1C(=O)C(C#N)c1cccs1. The van der Waals surface area contributed by atoms with Gasteiger partial charge in [-0.25, -0.2) is 0 Å². The number of hydrogen-bond acceptors (Lipinski definition) is 4. The highest BCUT2D eigenvalue weighted by Gasteiger charge is 2.24. The van der Waals surface area contributed by atoms with Crippen molar-refractivity contribution in [3.05, 3.63) is 44.3 Å². The first-order valence-electron chi connectivity index (χ1n) is 4.74. The summed E-state index contributed by atoms with van der Waals surface area (Å²) in [5.41, 5.74) is 1.62. The van der Waals surface area contributed by atoms with Gasteiger partial charge in [0.15, 0.2) is 5.78 Å². The molecule has 2 rings (SSSR count). The standard InChI is InChI=1S/C12H9NOS2/c1-8-6-15-7-10(8)12(14)9(5-13)11-3-2-4-16-11/h2-4,6-7,9H,1H3. The van der Waals surface area contributed by atoms with E-state index in [4.69, 9.17) is 5.26 Å². The molecule has 0 N–H and O–H groups in total. The van der Waals surface area contributed by atoms with E-state index in [1.165, 1.54) is 22.7 Å². The molecule has 2 nitrogen and oxygen atoms in total. The van der Waals surface area contributed by atoms with Crippen LogP contribution in [-0.4, -0.2) is 5.78 Å². The van der Waals surface area contributed by atoms with Crippen molar-refractivity contribution >= 4 is 28.5 Å². The lowest BCUT2D eigenvalue weighted by Gasteiger charge is -2.05. The van der Waals surface area contributed by atoms with E-state index in [9.17, 15) is 4.79 Å². The minimum absolute atomic E-state index is 0.0938. The Morgan fingerprint density at radius 3 is 2.81 bits per heavy atom. The second-order valence-corrected chi connectivity index (χ2v) is 5.13. The van der Waals surface area contributed by atoms with Crippen LogP contribution in [0.3, 0.4) is 0 Å². The molecular weight excluding hydrogens is 238 g/mol. The molecule has 16 heavy (non-hydrogen) atoms. The summed E-state index contributed by atoms with van der Waals surface area (Å²) in [6, 6.07) is 5.78. The fraction of sp³-hybridized carbons (Fsp3) is 0.167. The fourth-order valence-corrected chi connectivity index (χ4v) is 3.08. The number of nitrogens with zero attached hydrogens (tertiary/aromatic N) is 1. The molecule has 0 radical (unpaired) electrons. The Morgan fingerprint density at radius 2 is 2.31 bits per heavy atom. The number of carbonyl (C=O) groups is 1. The van der Waals surface area contributed by atoms with Crippen molar-refractivity contribution in [2.24, 2.45) is 0 Å². The minimum atomic E-state index is -0.659. The van der Waals surface area contributed by atoms with E-state index in [1.807, 2.05) is 35.2 Å². The van der Waals surface area contributed by atoms with Crippen LogP contribution in [0, 0.1) is 18.3 Å². The van der Waals surface area contributed by atoms with E-state index in [-0.39, 0.29) is 5.78 Å². The van der Waals surface area contributed by atoms with Crippen molar-refractivity contribution in [2.45, 2.75) is 12.8 Å². The van der Waals surface area contributed by atoms with Crippen molar-refractivity contribution in [1.29, 1.82) is 5.26 Å². The van der Waals surface area contributed by atoms with Crippen molar-refractivity contribution in [3.63, 3.8) is 0 Å². The minimum Gasteiger partial charge on any atom is -0.292 e. The number of nitriles is 1. The average Bonchev–Trinajstić information content (AvgIpc) is 2.90. The van der Waals surface area contributed by atoms with Gasteiger partial charge in [0.2, 0.25) is 0 Å². The van der Waals surface area contributed by atoms with E-state index >= 15 is 0 Å². The molecule has 0 spiro atoms. The maximum absolute atomic E-state index is 12.1. The molecule has 0 saturated heterocycles. The van der Waals surface area contributed by atoms with Crippen LogP contribution in [0.25, 0.3) is 0 Å². The summed E-state index contributed by atoms with van der Waals surface area (Å²) in [5.74, 6) is -0.753. The van der Waals surface area contributed by atoms with Crippen LogP contribution >= 0.6 is 22.7 Å². The highest BCUT2D eigenvalue weighted by molar-refractivity contribution is 7.10. The maximum Gasteiger partial charge on any atom is 0.186 e. The maximum atomic E-state index is 12.1. The van der Waals surface area contributed by atoms with Crippen LogP contribution in [0.1, 0.15) is 26.7 Å². The Morgan fingerprint density at radius 1 is 1.50 bits per heavy atom. The van der Waals surface area contributed by atoms with Crippen molar-refractivity contribution < 1.29 is 4.79 Å². The quantitative estimate of drug-likeness (QED) is 0.777. The highest BCUT2D eigenvalue weighted by Crippen LogP contribution is 2.27. The van der Waals surface area contributed by atoms with Crippen LogP contribution in [-0.2, 0) is 0 Å². The van der Waals surface area contributed by atoms with E-state index in [0.29, 0.717) is 5.56 Å². The Hall–Kier alpha value is -1.44. The monoisotopic (exact) mass is 247 g/mol. The van der Waals surface area contributed by atoms with Gasteiger partial charge in [-0.2, -0.15) is 16.6 Å². The Balaban J connectivity index is 2.35. The summed E-state index contributed by atoms with van der Waals surface area (Å²) in [5, 5.41) is 14.7. The first kappa shape index (κ1) is 11.1. The van der Waals surface area contributed by atoms with E-state index in [1.54, 1.807) is 0 Å². The lowest BCUT2D eigenvalue weighted by Crippen LogP contribution is -2.10. The van der Waals surface area contributed by atoms with Crippen LogP contribution in [0.5, 0.6) is 0 Å². The number of thiophene rings is 2. The largest absolute Gasteiger partial charge is 0.292 e. The molecular formula is C12H9NOS2. The molecule has 0 bridgehead atoms. The molecule has 0 saturated carbocycles. The number of ketones is 1. The summed E-state index contributed by atoms with van der Waals surface area (Å²) < 4.78 is 0. The smallest absolute Gasteiger partial charge is 0.186 e. The summed E-state index contributed by atoms with van der Waals surface area (Å²) in [4.78, 5) is 13.0. The second kappa shape index (κ2) is 4.60. The van der Waals surface area contributed by atoms with E-state index in [2.05, 4.69) is 6.07 Å². The fourth-order valence-electron chi connectivity index (χ4n) is 1.48. The molecule has 1 atom stereocenters. The number of Topliss-reactive ketones (excluding diaryl/α,β-unsaturated/α-hetero) is 1. The van der Waals surface area contributed by atoms with Gasteiger partial charge in [-0.3, -0.25) is 4.79 Å². The summed E-state index contributed by atoms with van der Waals surface area (Å²) >= 11 is 2.94. The van der Waals surface area contributed by atoms with Crippen molar-refractivity contribution in [1.82, 2.24) is 0 Å².